The number of nitrogens with zero attached hydrogens (tertiary/aromatic N) is 4. The summed E-state index contributed by atoms with van der Waals surface area (Å²) in [5.41, 5.74) is 3.02. The predicted molar refractivity (Wildman–Crippen MR) is 145 cm³/mol. The van der Waals surface area contributed by atoms with Gasteiger partial charge >= 0.3 is 0 Å². The number of hydrogen-bond acceptors (Lipinski definition) is 6. The highest BCUT2D eigenvalue weighted by Crippen LogP contribution is 2.38. The molecule has 2 amide bonds. The van der Waals surface area contributed by atoms with Gasteiger partial charge in [-0.15, -0.1) is 0 Å². The Labute approximate surface area is 220 Å². The zero-order chi connectivity index (χ0) is 26.4. The number of benzene rings is 1. The van der Waals surface area contributed by atoms with E-state index in [0.29, 0.717) is 25.5 Å². The molecule has 2 aliphatic heterocycles. The molecule has 1 aromatic heterocycles. The number of carbonyl (C=O) groups excluding carboxylic acids is 2. The van der Waals surface area contributed by atoms with E-state index in [4.69, 9.17) is 4.74 Å². The van der Waals surface area contributed by atoms with E-state index >= 15 is 0 Å². The maximum atomic E-state index is 13.2. The van der Waals surface area contributed by atoms with E-state index < -0.39 is 6.10 Å². The van der Waals surface area contributed by atoms with Gasteiger partial charge in [0.05, 0.1) is 0 Å². The Hall–Kier alpha value is -3.16. The Morgan fingerprint density at radius 3 is 2.54 bits per heavy atom. The van der Waals surface area contributed by atoms with Gasteiger partial charge in [0, 0.05) is 51.0 Å². The number of rotatable bonds is 4. The van der Waals surface area contributed by atoms with E-state index in [2.05, 4.69) is 21.4 Å². The number of piperidine rings is 1. The monoisotopic (exact) mass is 507 g/mol. The van der Waals surface area contributed by atoms with Crippen LogP contribution in [0.2, 0.25) is 0 Å². The number of para-hydroxylation sites is 1. The highest BCUT2D eigenvalue weighted by Gasteiger charge is 2.38. The van der Waals surface area contributed by atoms with Crippen LogP contribution in [0.25, 0.3) is 0 Å². The Morgan fingerprint density at radius 1 is 1.11 bits per heavy atom. The van der Waals surface area contributed by atoms with Crippen LogP contribution in [0.4, 0.5) is 5.95 Å². The van der Waals surface area contributed by atoms with Crippen molar-refractivity contribution >= 4 is 17.8 Å². The van der Waals surface area contributed by atoms with E-state index in [0.717, 1.165) is 68.8 Å². The number of fused-ring (bicyclic) bond motifs is 1. The van der Waals surface area contributed by atoms with Gasteiger partial charge in [-0.05, 0) is 76.0 Å². The molecule has 4 rings (SSSR count). The Morgan fingerprint density at radius 2 is 1.81 bits per heavy atom. The van der Waals surface area contributed by atoms with Crippen molar-refractivity contribution in [2.24, 2.45) is 5.41 Å². The Bertz CT molecular complexity index is 1080. The van der Waals surface area contributed by atoms with Crippen LogP contribution in [0.1, 0.15) is 62.4 Å². The van der Waals surface area contributed by atoms with E-state index in [1.54, 1.807) is 0 Å². The molecule has 0 unspecified atom stereocenters. The summed E-state index contributed by atoms with van der Waals surface area (Å²) in [6, 6.07) is 9.99. The third-order valence-corrected chi connectivity index (χ3v) is 7.76. The summed E-state index contributed by atoms with van der Waals surface area (Å²) in [5.74, 6) is 1.55. The van der Waals surface area contributed by atoms with E-state index in [1.807, 2.05) is 61.9 Å². The molecule has 1 saturated heterocycles. The topological polar surface area (TPSA) is 87.7 Å². The molecule has 0 saturated carbocycles. The van der Waals surface area contributed by atoms with Crippen LogP contribution < -0.4 is 10.1 Å². The number of aromatic nitrogens is 2. The van der Waals surface area contributed by atoms with Gasteiger partial charge in [-0.3, -0.25) is 9.59 Å². The van der Waals surface area contributed by atoms with Gasteiger partial charge in [0.1, 0.15) is 5.75 Å². The molecule has 0 aliphatic carbocycles. The van der Waals surface area contributed by atoms with E-state index in [1.165, 1.54) is 5.56 Å². The van der Waals surface area contributed by atoms with Gasteiger partial charge in [0.25, 0.3) is 5.91 Å². The number of aryl methyl sites for hydroxylation is 3. The summed E-state index contributed by atoms with van der Waals surface area (Å²) in [5, 5.41) is 3.19. The summed E-state index contributed by atoms with van der Waals surface area (Å²) in [7, 11) is 1.89. The fraction of sp³-hybridized carbons (Fsp3) is 0.586. The van der Waals surface area contributed by atoms with Gasteiger partial charge in [0.2, 0.25) is 11.9 Å². The summed E-state index contributed by atoms with van der Waals surface area (Å²) in [6.07, 6.45) is 5.91. The normalized spacial score (nSPS) is 20.4. The molecule has 8 nitrogen and oxygen atoms in total. The van der Waals surface area contributed by atoms with Crippen LogP contribution >= 0.6 is 0 Å². The second kappa shape index (κ2) is 11.9. The lowest BCUT2D eigenvalue weighted by Crippen LogP contribution is -2.50. The van der Waals surface area contributed by atoms with Crippen molar-refractivity contribution < 1.29 is 14.3 Å². The fourth-order valence-electron chi connectivity index (χ4n) is 5.74. The molecule has 1 atom stereocenters. The summed E-state index contributed by atoms with van der Waals surface area (Å²) >= 11 is 0. The van der Waals surface area contributed by atoms with Crippen molar-refractivity contribution in [3.05, 3.63) is 47.3 Å². The van der Waals surface area contributed by atoms with Gasteiger partial charge in [0.15, 0.2) is 6.10 Å². The molecule has 1 spiro atoms. The smallest absolute Gasteiger partial charge is 0.263 e. The molecule has 1 N–H and O–H groups in total. The molecule has 1 aromatic carbocycles. The van der Waals surface area contributed by atoms with Crippen LogP contribution in [0.15, 0.2) is 30.3 Å². The first-order valence-electron chi connectivity index (χ1n) is 13.6. The second-order valence-electron chi connectivity index (χ2n) is 10.8. The summed E-state index contributed by atoms with van der Waals surface area (Å²) in [4.78, 5) is 38.7. The number of likely N-dealkylation sites (tertiary alicyclic amines) is 1. The Balaban J connectivity index is 1.34. The average Bonchev–Trinajstić information content (AvgIpc) is 2.86. The minimum Gasteiger partial charge on any atom is -0.481 e. The SMILES string of the molecule is Cc1cc(C)nc(NCCC(=O)N2CCC3(CCCCc4ccccc4O[C@H](C)C(=O)N(C)C3)CC2)n1. The number of amides is 2. The lowest BCUT2D eigenvalue weighted by atomic mass is 9.73. The van der Waals surface area contributed by atoms with E-state index in [-0.39, 0.29) is 17.2 Å². The van der Waals surface area contributed by atoms with Crippen LogP contribution in [0.5, 0.6) is 5.75 Å². The third kappa shape index (κ3) is 6.99. The number of carbonyl (C=O) groups is 2. The Kier molecular flexibility index (Phi) is 8.67. The lowest BCUT2D eigenvalue weighted by Gasteiger charge is -2.44. The molecule has 37 heavy (non-hydrogen) atoms. The summed E-state index contributed by atoms with van der Waals surface area (Å²) in [6.45, 7) is 8.40. The maximum absolute atomic E-state index is 13.2. The average molecular weight is 508 g/mol. The highest BCUT2D eigenvalue weighted by atomic mass is 16.5. The van der Waals surface area contributed by atoms with Gasteiger partial charge in [-0.1, -0.05) is 24.6 Å². The van der Waals surface area contributed by atoms with Gasteiger partial charge in [-0.25, -0.2) is 9.97 Å². The second-order valence-corrected chi connectivity index (χ2v) is 10.8. The molecule has 8 heteroatoms. The number of nitrogens with one attached hydrogen (secondary N) is 1. The fourth-order valence-corrected chi connectivity index (χ4v) is 5.74. The third-order valence-electron chi connectivity index (χ3n) is 7.76. The van der Waals surface area contributed by atoms with Crippen molar-refractivity contribution in [2.45, 2.75) is 71.8 Å². The predicted octanol–water partition coefficient (Wildman–Crippen LogP) is 4.16. The molecular formula is C29H41N5O3. The van der Waals surface area contributed by atoms with Crippen LogP contribution in [0, 0.1) is 19.3 Å². The number of ether oxygens (including phenoxy) is 1. The summed E-state index contributed by atoms with van der Waals surface area (Å²) < 4.78 is 6.10. The number of hydrogen-bond donors (Lipinski definition) is 1. The molecule has 3 heterocycles. The molecule has 1 fully saturated rings. The first kappa shape index (κ1) is 26.9. The first-order valence-corrected chi connectivity index (χ1v) is 13.6. The van der Waals surface area contributed by atoms with Gasteiger partial charge < -0.3 is 19.9 Å². The van der Waals surface area contributed by atoms with Crippen molar-refractivity contribution in [2.75, 3.05) is 38.5 Å². The van der Waals surface area contributed by atoms with Crippen molar-refractivity contribution in [1.82, 2.24) is 19.8 Å². The molecule has 2 aliphatic rings. The zero-order valence-electron chi connectivity index (χ0n) is 22.8. The molecule has 0 bridgehead atoms. The quantitative estimate of drug-likeness (QED) is 0.669. The van der Waals surface area contributed by atoms with Crippen LogP contribution in [-0.2, 0) is 16.0 Å². The molecule has 200 valence electrons. The van der Waals surface area contributed by atoms with Crippen molar-refractivity contribution in [1.29, 1.82) is 0 Å². The minimum atomic E-state index is -0.530. The number of anilines is 1. The molecule has 0 radical (unpaired) electrons. The molecular weight excluding hydrogens is 466 g/mol. The van der Waals surface area contributed by atoms with E-state index in [9.17, 15) is 9.59 Å². The largest absolute Gasteiger partial charge is 0.481 e. The lowest BCUT2D eigenvalue weighted by molar-refractivity contribution is -0.140. The van der Waals surface area contributed by atoms with Crippen molar-refractivity contribution in [3.63, 3.8) is 0 Å². The zero-order valence-corrected chi connectivity index (χ0v) is 22.8. The first-order chi connectivity index (χ1) is 17.7. The standard InChI is InChI=1S/C29H41N5O3/c1-21-19-22(2)32-28(31-21)30-16-12-26(35)34-17-14-29(15-18-34)13-8-7-10-24-9-5-6-11-25(24)37-23(3)27(36)33(4)20-29/h5-6,9,11,19,23H,7-8,10,12-18,20H2,1-4H3,(H,30,31,32)/t23-/m1/s1. The molecule has 2 aromatic rings. The van der Waals surface area contributed by atoms with Gasteiger partial charge in [-0.2, -0.15) is 0 Å². The highest BCUT2D eigenvalue weighted by molar-refractivity contribution is 5.80. The van der Waals surface area contributed by atoms with Crippen LogP contribution in [0.3, 0.4) is 0 Å². The maximum Gasteiger partial charge on any atom is 0.263 e. The number of likely N-dealkylation sites (N-methyl/N-ethyl adjacent to an activating group) is 1. The van der Waals surface area contributed by atoms with Crippen LogP contribution in [-0.4, -0.2) is 70.9 Å². The van der Waals surface area contributed by atoms with Crippen molar-refractivity contribution in [3.8, 4) is 5.75 Å². The minimum absolute atomic E-state index is 0.00735.